The first-order valence-corrected chi connectivity index (χ1v) is 6.83. The molecule has 2 aliphatic rings. The van der Waals surface area contributed by atoms with Crippen molar-refractivity contribution in [3.8, 4) is 0 Å². The van der Waals surface area contributed by atoms with Crippen LogP contribution in [0.5, 0.6) is 0 Å². The molecule has 0 saturated heterocycles. The number of aromatic amines is 1. The molecule has 1 aromatic heterocycles. The first-order valence-electron chi connectivity index (χ1n) is 6.83. The molecule has 0 aromatic carbocycles. The molecule has 0 unspecified atom stereocenters. The number of ether oxygens (including phenoxy) is 1. The highest BCUT2D eigenvalue weighted by molar-refractivity contribution is 5.94. The summed E-state index contributed by atoms with van der Waals surface area (Å²) in [5, 5.41) is 7.21. The smallest absolute Gasteiger partial charge is 0.274 e. The summed E-state index contributed by atoms with van der Waals surface area (Å²) in [5.41, 5.74) is 2.56. The molecule has 2 aliphatic heterocycles. The van der Waals surface area contributed by atoms with E-state index in [1.807, 2.05) is 24.8 Å². The maximum Gasteiger partial charge on any atom is 0.274 e. The molecule has 0 bridgehead atoms. The molecule has 3 heterocycles. The third-order valence-electron chi connectivity index (χ3n) is 3.78. The Labute approximate surface area is 112 Å². The van der Waals surface area contributed by atoms with E-state index in [0.29, 0.717) is 12.2 Å². The van der Waals surface area contributed by atoms with E-state index >= 15 is 0 Å². The number of amides is 1. The number of hydrogen-bond acceptors (Lipinski definition) is 3. The Kier molecular flexibility index (Phi) is 3.14. The predicted octanol–water partition coefficient (Wildman–Crippen LogP) is 1.83. The van der Waals surface area contributed by atoms with E-state index in [1.54, 1.807) is 0 Å². The van der Waals surface area contributed by atoms with Crippen molar-refractivity contribution < 1.29 is 9.53 Å². The molecular weight excluding hydrogens is 242 g/mol. The monoisotopic (exact) mass is 261 g/mol. The van der Waals surface area contributed by atoms with Gasteiger partial charge in [0, 0.05) is 25.1 Å². The maximum atomic E-state index is 12.5. The Morgan fingerprint density at radius 1 is 1.47 bits per heavy atom. The largest absolute Gasteiger partial charge is 0.369 e. The number of nitrogens with zero attached hydrogens (tertiary/aromatic N) is 2. The summed E-state index contributed by atoms with van der Waals surface area (Å²) in [6, 6.07) is 0. The fraction of sp³-hybridized carbons (Fsp3) is 0.571. The van der Waals surface area contributed by atoms with Crippen LogP contribution < -0.4 is 0 Å². The van der Waals surface area contributed by atoms with Gasteiger partial charge in [0.25, 0.3) is 5.91 Å². The summed E-state index contributed by atoms with van der Waals surface area (Å²) < 4.78 is 5.74. The zero-order valence-electron chi connectivity index (χ0n) is 11.3. The molecule has 1 amide bonds. The summed E-state index contributed by atoms with van der Waals surface area (Å²) in [4.78, 5) is 14.4. The van der Waals surface area contributed by atoms with Crippen molar-refractivity contribution in [2.45, 2.75) is 38.9 Å². The minimum Gasteiger partial charge on any atom is -0.369 e. The number of carbonyl (C=O) groups is 1. The zero-order chi connectivity index (χ0) is 13.4. The second-order valence-corrected chi connectivity index (χ2v) is 5.27. The van der Waals surface area contributed by atoms with Crippen molar-refractivity contribution >= 4 is 5.91 Å². The van der Waals surface area contributed by atoms with E-state index in [9.17, 15) is 4.79 Å². The minimum absolute atomic E-state index is 0.0194. The molecule has 1 aromatic rings. The summed E-state index contributed by atoms with van der Waals surface area (Å²) in [7, 11) is 0. The van der Waals surface area contributed by atoms with E-state index in [-0.39, 0.29) is 18.1 Å². The molecule has 5 heteroatoms. The Balaban J connectivity index is 1.89. The molecule has 5 nitrogen and oxygen atoms in total. The van der Waals surface area contributed by atoms with E-state index in [2.05, 4.69) is 16.3 Å². The van der Waals surface area contributed by atoms with E-state index in [1.165, 1.54) is 0 Å². The first-order chi connectivity index (χ1) is 9.16. The van der Waals surface area contributed by atoms with Gasteiger partial charge in [-0.05, 0) is 20.3 Å². The SMILES string of the molecule is C[C@@H]1Cc2c(C(=O)N3CC=CCC3)n[nH]c2[C@H](C)O1. The van der Waals surface area contributed by atoms with Gasteiger partial charge in [-0.3, -0.25) is 9.89 Å². The standard InChI is InChI=1S/C14H19N3O2/c1-9-8-11-12(10(2)19-9)15-16-13(11)14(18)17-6-4-3-5-7-17/h3-4,9-10H,5-8H2,1-2H3,(H,15,16)/t9-,10+/m1/s1. The van der Waals surface area contributed by atoms with Gasteiger partial charge in [-0.2, -0.15) is 5.10 Å². The van der Waals surface area contributed by atoms with E-state index in [4.69, 9.17) is 4.74 Å². The normalized spacial score (nSPS) is 26.3. The highest BCUT2D eigenvalue weighted by Crippen LogP contribution is 2.30. The molecule has 19 heavy (non-hydrogen) atoms. The van der Waals surface area contributed by atoms with Crippen LogP contribution in [-0.4, -0.2) is 40.2 Å². The van der Waals surface area contributed by atoms with Crippen LogP contribution in [0.15, 0.2) is 12.2 Å². The number of H-pyrrole nitrogens is 1. The maximum absolute atomic E-state index is 12.5. The zero-order valence-corrected chi connectivity index (χ0v) is 11.3. The van der Waals surface area contributed by atoms with Crippen molar-refractivity contribution in [3.63, 3.8) is 0 Å². The van der Waals surface area contributed by atoms with Gasteiger partial charge in [-0.15, -0.1) is 0 Å². The lowest BCUT2D eigenvalue weighted by Crippen LogP contribution is -2.35. The van der Waals surface area contributed by atoms with Gasteiger partial charge in [0.1, 0.15) is 0 Å². The fourth-order valence-electron chi connectivity index (χ4n) is 2.83. The molecule has 1 N–H and O–H groups in total. The summed E-state index contributed by atoms with van der Waals surface area (Å²) in [6.07, 6.45) is 5.94. The lowest BCUT2D eigenvalue weighted by molar-refractivity contribution is -0.00701. The highest BCUT2D eigenvalue weighted by Gasteiger charge is 2.31. The molecule has 102 valence electrons. The molecule has 0 aliphatic carbocycles. The number of rotatable bonds is 1. The van der Waals surface area contributed by atoms with Gasteiger partial charge < -0.3 is 9.64 Å². The number of hydrogen-bond donors (Lipinski definition) is 1. The van der Waals surface area contributed by atoms with Crippen molar-refractivity contribution in [3.05, 3.63) is 29.1 Å². The Hall–Kier alpha value is -1.62. The van der Waals surface area contributed by atoms with Gasteiger partial charge in [0.15, 0.2) is 5.69 Å². The fourth-order valence-corrected chi connectivity index (χ4v) is 2.83. The van der Waals surface area contributed by atoms with Crippen LogP contribution in [0.4, 0.5) is 0 Å². The van der Waals surface area contributed by atoms with E-state index in [0.717, 1.165) is 30.6 Å². The quantitative estimate of drug-likeness (QED) is 0.785. The summed E-state index contributed by atoms with van der Waals surface area (Å²) in [6.45, 7) is 5.48. The molecule has 0 fully saturated rings. The first kappa shape index (κ1) is 12.4. The number of carbonyl (C=O) groups excluding carboxylic acids is 1. The van der Waals surface area contributed by atoms with Crippen molar-refractivity contribution in [2.24, 2.45) is 0 Å². The summed E-state index contributed by atoms with van der Waals surface area (Å²) >= 11 is 0. The second-order valence-electron chi connectivity index (χ2n) is 5.27. The van der Waals surface area contributed by atoms with Gasteiger partial charge in [0.05, 0.1) is 17.9 Å². The van der Waals surface area contributed by atoms with Gasteiger partial charge >= 0.3 is 0 Å². The van der Waals surface area contributed by atoms with Crippen molar-refractivity contribution in [1.82, 2.24) is 15.1 Å². The van der Waals surface area contributed by atoms with Crippen LogP contribution in [0, 0.1) is 0 Å². The van der Waals surface area contributed by atoms with Crippen LogP contribution in [-0.2, 0) is 11.2 Å². The third kappa shape index (κ3) is 2.18. The van der Waals surface area contributed by atoms with Crippen LogP contribution in [0.25, 0.3) is 0 Å². The lowest BCUT2D eigenvalue weighted by atomic mass is 9.99. The van der Waals surface area contributed by atoms with Crippen LogP contribution in [0.2, 0.25) is 0 Å². The average molecular weight is 261 g/mol. The molecule has 2 atom stereocenters. The Morgan fingerprint density at radius 3 is 3.05 bits per heavy atom. The van der Waals surface area contributed by atoms with Crippen molar-refractivity contribution in [2.75, 3.05) is 13.1 Å². The van der Waals surface area contributed by atoms with Crippen LogP contribution in [0.1, 0.15) is 48.1 Å². The van der Waals surface area contributed by atoms with Gasteiger partial charge in [-0.25, -0.2) is 0 Å². The molecule has 3 rings (SSSR count). The predicted molar refractivity (Wildman–Crippen MR) is 70.9 cm³/mol. The average Bonchev–Trinajstić information content (AvgIpc) is 2.83. The third-order valence-corrected chi connectivity index (χ3v) is 3.78. The highest BCUT2D eigenvalue weighted by atomic mass is 16.5. The molecular formula is C14H19N3O2. The number of nitrogens with one attached hydrogen (secondary N) is 1. The lowest BCUT2D eigenvalue weighted by Gasteiger charge is -2.26. The summed E-state index contributed by atoms with van der Waals surface area (Å²) in [5.74, 6) is 0.0307. The Morgan fingerprint density at radius 2 is 2.32 bits per heavy atom. The van der Waals surface area contributed by atoms with Crippen molar-refractivity contribution in [1.29, 1.82) is 0 Å². The van der Waals surface area contributed by atoms with Gasteiger partial charge in [0.2, 0.25) is 0 Å². The number of fused-ring (bicyclic) bond motifs is 1. The molecule has 0 spiro atoms. The molecule has 0 saturated carbocycles. The molecule has 0 radical (unpaired) electrons. The topological polar surface area (TPSA) is 58.2 Å². The van der Waals surface area contributed by atoms with E-state index < -0.39 is 0 Å². The van der Waals surface area contributed by atoms with Crippen LogP contribution >= 0.6 is 0 Å². The second kappa shape index (κ2) is 4.81. The Bertz CT molecular complexity index is 521. The van der Waals surface area contributed by atoms with Gasteiger partial charge in [-0.1, -0.05) is 12.2 Å². The number of aromatic nitrogens is 2. The van der Waals surface area contributed by atoms with Crippen LogP contribution in [0.3, 0.4) is 0 Å². The minimum atomic E-state index is -0.0194.